The largest absolute Gasteiger partial charge is 0.458 e. The van der Waals surface area contributed by atoms with Gasteiger partial charge in [0.15, 0.2) is 6.29 Å². The van der Waals surface area contributed by atoms with E-state index in [1.807, 2.05) is 6.08 Å². The maximum absolute atomic E-state index is 11.6. The Morgan fingerprint density at radius 1 is 0.865 bits per heavy atom. The molecule has 2 heterocycles. The zero-order chi connectivity index (χ0) is 26.5. The lowest BCUT2D eigenvalue weighted by molar-refractivity contribution is -0.286. The lowest BCUT2D eigenvalue weighted by atomic mass is 9.44. The molecule has 5 N–H and O–H groups in total. The number of fused-ring (bicyclic) bond motifs is 5. The van der Waals surface area contributed by atoms with Gasteiger partial charge < -0.3 is 35.0 Å². The standard InChI is InChI=1S/C23H34O2.C6H12O6/c1-22-11-4-3-5-16(22)6-7-17-19-9-8-18(15-13-21(24)25-14-15)23(19,2)12-10-20(17)22;7-1-2-3(8)4(9)5(10)6(11)12-2/h13,16-20H,3-12,14H2,1-2H3;2-11H,1H2/t16?,17-,18+,19-,20-,22-,23+;2-,3-,4+,5-,6?/m01/s1. The van der Waals surface area contributed by atoms with E-state index in [-0.39, 0.29) is 5.97 Å². The first-order valence-electron chi connectivity index (χ1n) is 14.5. The van der Waals surface area contributed by atoms with Gasteiger partial charge in [-0.05, 0) is 97.4 Å². The third-order valence-electron chi connectivity index (χ3n) is 11.6. The molecule has 0 bridgehead atoms. The molecule has 0 radical (unpaired) electrons. The quantitative estimate of drug-likeness (QED) is 0.349. The first-order valence-corrected chi connectivity index (χ1v) is 14.5. The number of cyclic esters (lactones) is 1. The molecule has 8 nitrogen and oxygen atoms in total. The van der Waals surface area contributed by atoms with Crippen LogP contribution in [0.15, 0.2) is 11.6 Å². The molecule has 2 aliphatic heterocycles. The number of hydrogen-bond donors (Lipinski definition) is 5. The lowest BCUT2D eigenvalue weighted by Gasteiger charge is -2.60. The van der Waals surface area contributed by atoms with Gasteiger partial charge in [0.25, 0.3) is 0 Å². The molecule has 5 fully saturated rings. The summed E-state index contributed by atoms with van der Waals surface area (Å²) in [5, 5.41) is 44.7. The van der Waals surface area contributed by atoms with Crippen molar-refractivity contribution in [2.75, 3.05) is 13.2 Å². The topological polar surface area (TPSA) is 137 Å². The summed E-state index contributed by atoms with van der Waals surface area (Å²) in [6.45, 7) is 5.26. The van der Waals surface area contributed by atoms with E-state index in [0.717, 1.165) is 23.7 Å². The van der Waals surface area contributed by atoms with Crippen LogP contribution in [0.25, 0.3) is 0 Å². The van der Waals surface area contributed by atoms with Crippen molar-refractivity contribution in [1.29, 1.82) is 0 Å². The minimum atomic E-state index is -1.57. The number of esters is 1. The van der Waals surface area contributed by atoms with Gasteiger partial charge in [-0.25, -0.2) is 4.79 Å². The Morgan fingerprint density at radius 2 is 1.62 bits per heavy atom. The first kappa shape index (κ1) is 27.5. The number of aliphatic hydroxyl groups is 5. The van der Waals surface area contributed by atoms with Crippen molar-refractivity contribution in [1.82, 2.24) is 0 Å². The zero-order valence-electron chi connectivity index (χ0n) is 22.3. The number of carbonyl (C=O) groups excluding carboxylic acids is 1. The first-order chi connectivity index (χ1) is 17.6. The van der Waals surface area contributed by atoms with Gasteiger partial charge in [0.05, 0.1) is 6.61 Å². The summed E-state index contributed by atoms with van der Waals surface area (Å²) in [6, 6.07) is 0. The highest BCUT2D eigenvalue weighted by atomic mass is 16.6. The molecule has 0 aromatic heterocycles. The van der Waals surface area contributed by atoms with Gasteiger partial charge in [-0.2, -0.15) is 0 Å². The van der Waals surface area contributed by atoms with Gasteiger partial charge in [-0.3, -0.25) is 0 Å². The van der Waals surface area contributed by atoms with Crippen molar-refractivity contribution in [3.8, 4) is 0 Å². The normalized spacial score (nSPS) is 51.1. The monoisotopic (exact) mass is 522 g/mol. The molecule has 2 unspecified atom stereocenters. The van der Waals surface area contributed by atoms with Crippen LogP contribution in [0.3, 0.4) is 0 Å². The van der Waals surface area contributed by atoms with Gasteiger partial charge in [0, 0.05) is 6.08 Å². The van der Waals surface area contributed by atoms with Crippen LogP contribution in [0.2, 0.25) is 0 Å². The smallest absolute Gasteiger partial charge is 0.331 e. The van der Waals surface area contributed by atoms with Gasteiger partial charge in [-0.1, -0.05) is 26.7 Å². The fraction of sp³-hybridized carbons (Fsp3) is 0.897. The molecule has 6 aliphatic rings. The predicted molar refractivity (Wildman–Crippen MR) is 135 cm³/mol. The van der Waals surface area contributed by atoms with Gasteiger partial charge in [-0.15, -0.1) is 0 Å². The number of aliphatic hydroxyl groups excluding tert-OH is 5. The maximum atomic E-state index is 11.6. The molecule has 1 saturated heterocycles. The third-order valence-corrected chi connectivity index (χ3v) is 11.6. The summed E-state index contributed by atoms with van der Waals surface area (Å²) < 4.78 is 9.84. The average Bonchev–Trinajstić information content (AvgIpc) is 3.47. The molecule has 0 aromatic carbocycles. The van der Waals surface area contributed by atoms with E-state index in [2.05, 4.69) is 18.6 Å². The molecule has 210 valence electrons. The van der Waals surface area contributed by atoms with E-state index in [0.29, 0.717) is 23.4 Å². The summed E-state index contributed by atoms with van der Waals surface area (Å²) in [6.07, 6.45) is 9.14. The Labute approximate surface area is 220 Å². The zero-order valence-corrected chi connectivity index (χ0v) is 22.3. The van der Waals surface area contributed by atoms with Gasteiger partial charge in [0.2, 0.25) is 0 Å². The van der Waals surface area contributed by atoms with Crippen molar-refractivity contribution in [2.45, 2.75) is 109 Å². The molecule has 37 heavy (non-hydrogen) atoms. The van der Waals surface area contributed by atoms with E-state index in [4.69, 9.17) is 30.3 Å². The van der Waals surface area contributed by atoms with Crippen molar-refractivity contribution in [3.05, 3.63) is 11.6 Å². The van der Waals surface area contributed by atoms with Crippen LogP contribution >= 0.6 is 0 Å². The van der Waals surface area contributed by atoms with Crippen molar-refractivity contribution in [3.63, 3.8) is 0 Å². The second-order valence-corrected chi connectivity index (χ2v) is 13.1. The minimum Gasteiger partial charge on any atom is -0.458 e. The second-order valence-electron chi connectivity index (χ2n) is 13.1. The van der Waals surface area contributed by atoms with Crippen molar-refractivity contribution >= 4 is 5.97 Å². The fourth-order valence-electron chi connectivity index (χ4n) is 9.58. The van der Waals surface area contributed by atoms with Crippen LogP contribution in [-0.4, -0.2) is 75.4 Å². The Bertz CT molecular complexity index is 871. The Balaban J connectivity index is 0.000000198. The number of hydrogen-bond acceptors (Lipinski definition) is 8. The molecule has 4 aliphatic carbocycles. The Hall–Kier alpha value is -1.03. The van der Waals surface area contributed by atoms with E-state index in [9.17, 15) is 4.79 Å². The van der Waals surface area contributed by atoms with Crippen LogP contribution < -0.4 is 0 Å². The summed E-state index contributed by atoms with van der Waals surface area (Å²) in [4.78, 5) is 11.6. The number of ether oxygens (including phenoxy) is 2. The molecule has 0 amide bonds. The van der Waals surface area contributed by atoms with E-state index in [1.54, 1.807) is 0 Å². The molecule has 12 atom stereocenters. The summed E-state index contributed by atoms with van der Waals surface area (Å²) in [5.74, 6) is 4.30. The number of carbonyl (C=O) groups is 1. The molecule has 0 spiro atoms. The van der Waals surface area contributed by atoms with E-state index in [1.165, 1.54) is 69.8 Å². The molecule has 6 rings (SSSR count). The second kappa shape index (κ2) is 10.5. The SMILES string of the molecule is C[C@]12CC[C@H]3[C@@H](CCC4CCCC[C@@]43C)[C@@H]1CC[C@@H]2C1=CC(=O)OC1.OC[C@H]1OC(O)[C@H](O)[C@@H](O)[C@@H]1O. The average molecular weight is 523 g/mol. The summed E-state index contributed by atoms with van der Waals surface area (Å²) >= 11 is 0. The van der Waals surface area contributed by atoms with E-state index >= 15 is 0 Å². The molecule has 4 saturated carbocycles. The van der Waals surface area contributed by atoms with Crippen molar-refractivity contribution in [2.24, 2.45) is 40.4 Å². The summed E-state index contributed by atoms with van der Waals surface area (Å²) in [5.41, 5.74) is 2.36. The van der Waals surface area contributed by atoms with Crippen LogP contribution in [0.5, 0.6) is 0 Å². The highest BCUT2D eigenvalue weighted by Crippen LogP contribution is 2.68. The molecular formula is C29H46O8. The lowest BCUT2D eigenvalue weighted by Crippen LogP contribution is -2.58. The van der Waals surface area contributed by atoms with Crippen LogP contribution in [-0.2, 0) is 14.3 Å². The third kappa shape index (κ3) is 4.70. The highest BCUT2D eigenvalue weighted by Gasteiger charge is 2.60. The predicted octanol–water partition coefficient (Wildman–Crippen LogP) is 2.30. The Morgan fingerprint density at radius 3 is 2.32 bits per heavy atom. The Kier molecular flexibility index (Phi) is 7.82. The van der Waals surface area contributed by atoms with Crippen LogP contribution in [0, 0.1) is 40.4 Å². The molecule has 8 heteroatoms. The maximum Gasteiger partial charge on any atom is 0.331 e. The molecule has 0 aromatic rings. The minimum absolute atomic E-state index is 0.106. The van der Waals surface area contributed by atoms with Gasteiger partial charge in [0.1, 0.15) is 31.0 Å². The van der Waals surface area contributed by atoms with E-state index < -0.39 is 37.3 Å². The van der Waals surface area contributed by atoms with Crippen LogP contribution in [0.1, 0.15) is 78.1 Å². The molecular weight excluding hydrogens is 476 g/mol. The number of rotatable bonds is 2. The fourth-order valence-corrected chi connectivity index (χ4v) is 9.58. The highest BCUT2D eigenvalue weighted by molar-refractivity contribution is 5.85. The van der Waals surface area contributed by atoms with Gasteiger partial charge >= 0.3 is 5.97 Å². The van der Waals surface area contributed by atoms with Crippen molar-refractivity contribution < 1.29 is 39.8 Å². The van der Waals surface area contributed by atoms with Crippen LogP contribution in [0.4, 0.5) is 0 Å². The summed E-state index contributed by atoms with van der Waals surface area (Å²) in [7, 11) is 0.